The first-order valence-electron chi connectivity index (χ1n) is 10.2. The fraction of sp³-hybridized carbons (Fsp3) is 0.417. The molecular weight excluding hydrogens is 368 g/mol. The third-order valence-electron chi connectivity index (χ3n) is 5.51. The minimum atomic E-state index is -0.800. The third-order valence-corrected chi connectivity index (χ3v) is 5.51. The number of carbonyl (C=O) groups is 2. The number of unbranched alkanes of at least 4 members (excludes halogenated alkanes) is 4. The van der Waals surface area contributed by atoms with Crippen LogP contribution in [0, 0.1) is 0 Å². The van der Waals surface area contributed by atoms with Gasteiger partial charge in [-0.1, -0.05) is 63.3 Å². The molecule has 2 aromatic carbocycles. The van der Waals surface area contributed by atoms with Crippen molar-refractivity contribution in [1.82, 2.24) is 0 Å². The smallest absolute Gasteiger partial charge is 0.198 e. The molecule has 0 saturated carbocycles. The number of methoxy groups -OCH3 is 2. The predicted molar refractivity (Wildman–Crippen MR) is 111 cm³/mol. The van der Waals surface area contributed by atoms with Crippen LogP contribution < -0.4 is 9.47 Å². The largest absolute Gasteiger partial charge is 0.496 e. The molecule has 1 N–H and O–H groups in total. The zero-order valence-electron chi connectivity index (χ0n) is 17.3. The number of carbonyl (C=O) groups excluding carboxylic acids is 2. The number of hydrogen-bond acceptors (Lipinski definition) is 5. The molecule has 0 spiro atoms. The Hall–Kier alpha value is -2.66. The highest BCUT2D eigenvalue weighted by molar-refractivity contribution is 6.30. The second-order valence-electron chi connectivity index (χ2n) is 7.37. The van der Waals surface area contributed by atoms with Crippen LogP contribution in [0.25, 0.3) is 0 Å². The Morgan fingerprint density at radius 1 is 0.897 bits per heavy atom. The third kappa shape index (κ3) is 3.92. The Kier molecular flexibility index (Phi) is 6.70. The van der Waals surface area contributed by atoms with Crippen molar-refractivity contribution in [1.29, 1.82) is 0 Å². The number of ketones is 2. The normalized spacial score (nSPS) is 13.7. The Bertz CT molecular complexity index is 916. The maximum atomic E-state index is 13.2. The van der Waals surface area contributed by atoms with Gasteiger partial charge in [0.15, 0.2) is 11.6 Å². The van der Waals surface area contributed by atoms with E-state index < -0.39 is 6.10 Å². The Morgan fingerprint density at radius 2 is 1.52 bits per heavy atom. The van der Waals surface area contributed by atoms with Gasteiger partial charge < -0.3 is 14.6 Å². The van der Waals surface area contributed by atoms with Crippen molar-refractivity contribution in [3.63, 3.8) is 0 Å². The van der Waals surface area contributed by atoms with E-state index in [9.17, 15) is 14.7 Å². The van der Waals surface area contributed by atoms with Gasteiger partial charge in [0.25, 0.3) is 0 Å². The van der Waals surface area contributed by atoms with Crippen molar-refractivity contribution in [3.8, 4) is 11.5 Å². The topological polar surface area (TPSA) is 72.8 Å². The molecule has 5 nitrogen and oxygen atoms in total. The van der Waals surface area contributed by atoms with E-state index in [1.807, 2.05) is 0 Å². The van der Waals surface area contributed by atoms with Crippen LogP contribution in [0.5, 0.6) is 11.5 Å². The molecule has 3 rings (SSSR count). The number of hydrogen-bond donors (Lipinski definition) is 1. The second-order valence-corrected chi connectivity index (χ2v) is 7.37. The van der Waals surface area contributed by atoms with E-state index in [1.54, 1.807) is 30.3 Å². The minimum absolute atomic E-state index is 0.176. The van der Waals surface area contributed by atoms with Crippen molar-refractivity contribution >= 4 is 11.6 Å². The van der Waals surface area contributed by atoms with Crippen LogP contribution in [0.2, 0.25) is 0 Å². The number of benzene rings is 2. The average molecular weight is 396 g/mol. The lowest BCUT2D eigenvalue weighted by atomic mass is 9.81. The highest BCUT2D eigenvalue weighted by atomic mass is 16.5. The molecule has 154 valence electrons. The molecule has 0 amide bonds. The SMILES string of the molecule is CCCCCCCC(O)c1cc(OC)c2c(c1OC)C(=O)c1ccccc1C2=O. The molecular formula is C24H28O5. The molecule has 0 saturated heterocycles. The maximum absolute atomic E-state index is 13.2. The first-order valence-corrected chi connectivity index (χ1v) is 10.2. The number of aliphatic hydroxyl groups is 1. The molecule has 0 fully saturated rings. The molecule has 0 heterocycles. The monoisotopic (exact) mass is 396 g/mol. The standard InChI is InChI=1S/C24H28O5/c1-4-5-6-7-8-13-18(25)17-14-19(28-2)20-21(24(17)29-3)23(27)16-12-10-9-11-15(16)22(20)26/h9-12,14,18,25H,4-8,13H2,1-3H3. The van der Waals surface area contributed by atoms with Crippen LogP contribution in [0.1, 0.15) is 89.0 Å². The Labute approximate surface area is 171 Å². The molecule has 0 radical (unpaired) electrons. The van der Waals surface area contributed by atoms with E-state index >= 15 is 0 Å². The summed E-state index contributed by atoms with van der Waals surface area (Å²) in [5.41, 5.74) is 1.56. The fourth-order valence-corrected chi connectivity index (χ4v) is 3.98. The first-order chi connectivity index (χ1) is 14.0. The molecule has 5 heteroatoms. The maximum Gasteiger partial charge on any atom is 0.198 e. The van der Waals surface area contributed by atoms with Gasteiger partial charge in [0.1, 0.15) is 11.5 Å². The van der Waals surface area contributed by atoms with Crippen LogP contribution in [0.4, 0.5) is 0 Å². The molecule has 1 aliphatic rings. The van der Waals surface area contributed by atoms with E-state index in [0.29, 0.717) is 23.1 Å². The molecule has 0 bridgehead atoms. The zero-order chi connectivity index (χ0) is 21.0. The lowest BCUT2D eigenvalue weighted by molar-refractivity contribution is 0.0972. The van der Waals surface area contributed by atoms with Gasteiger partial charge in [0.05, 0.1) is 31.5 Å². The Morgan fingerprint density at radius 3 is 2.10 bits per heavy atom. The predicted octanol–water partition coefficient (Wildman–Crippen LogP) is 4.87. The summed E-state index contributed by atoms with van der Waals surface area (Å²) in [6, 6.07) is 8.38. The zero-order valence-corrected chi connectivity index (χ0v) is 17.3. The summed E-state index contributed by atoms with van der Waals surface area (Å²) < 4.78 is 11.0. The minimum Gasteiger partial charge on any atom is -0.496 e. The van der Waals surface area contributed by atoms with Crippen LogP contribution in [0.3, 0.4) is 0 Å². The van der Waals surface area contributed by atoms with Crippen molar-refractivity contribution in [2.75, 3.05) is 14.2 Å². The summed E-state index contributed by atoms with van der Waals surface area (Å²) in [5, 5.41) is 10.8. The molecule has 0 aliphatic heterocycles. The summed E-state index contributed by atoms with van der Waals surface area (Å²) in [6.45, 7) is 2.16. The summed E-state index contributed by atoms with van der Waals surface area (Å²) in [7, 11) is 2.92. The summed E-state index contributed by atoms with van der Waals surface area (Å²) >= 11 is 0. The van der Waals surface area contributed by atoms with Crippen LogP contribution in [-0.4, -0.2) is 30.9 Å². The van der Waals surface area contributed by atoms with E-state index in [-0.39, 0.29) is 34.2 Å². The van der Waals surface area contributed by atoms with E-state index in [4.69, 9.17) is 9.47 Å². The van der Waals surface area contributed by atoms with Gasteiger partial charge in [-0.25, -0.2) is 0 Å². The van der Waals surface area contributed by atoms with E-state index in [0.717, 1.165) is 25.7 Å². The lowest BCUT2D eigenvalue weighted by Gasteiger charge is -2.25. The molecule has 0 aromatic heterocycles. The number of aliphatic hydroxyl groups excluding tert-OH is 1. The summed E-state index contributed by atoms with van der Waals surface area (Å²) in [4.78, 5) is 26.3. The van der Waals surface area contributed by atoms with Crippen molar-refractivity contribution in [3.05, 3.63) is 58.1 Å². The number of rotatable bonds is 9. The molecule has 1 aliphatic carbocycles. The van der Waals surface area contributed by atoms with E-state index in [2.05, 4.69) is 6.92 Å². The van der Waals surface area contributed by atoms with Gasteiger partial charge in [0, 0.05) is 16.7 Å². The highest BCUT2D eigenvalue weighted by Crippen LogP contribution is 2.43. The second kappa shape index (κ2) is 9.23. The highest BCUT2D eigenvalue weighted by Gasteiger charge is 2.37. The van der Waals surface area contributed by atoms with Crippen molar-refractivity contribution in [2.45, 2.75) is 51.6 Å². The quantitative estimate of drug-likeness (QED) is 0.522. The molecule has 1 atom stereocenters. The Balaban J connectivity index is 2.03. The molecule has 29 heavy (non-hydrogen) atoms. The number of ether oxygens (including phenoxy) is 2. The van der Waals surface area contributed by atoms with Gasteiger partial charge >= 0.3 is 0 Å². The van der Waals surface area contributed by atoms with Crippen LogP contribution in [0.15, 0.2) is 30.3 Å². The van der Waals surface area contributed by atoms with Gasteiger partial charge in [-0.15, -0.1) is 0 Å². The van der Waals surface area contributed by atoms with Crippen molar-refractivity contribution < 1.29 is 24.2 Å². The van der Waals surface area contributed by atoms with Gasteiger partial charge in [-0.2, -0.15) is 0 Å². The summed E-state index contributed by atoms with van der Waals surface area (Å²) in [6.07, 6.45) is 5.15. The van der Waals surface area contributed by atoms with Crippen LogP contribution >= 0.6 is 0 Å². The lowest BCUT2D eigenvalue weighted by Crippen LogP contribution is -2.23. The molecule has 2 aromatic rings. The van der Waals surface area contributed by atoms with Gasteiger partial charge in [-0.05, 0) is 12.5 Å². The number of fused-ring (bicyclic) bond motifs is 2. The molecule has 1 unspecified atom stereocenters. The van der Waals surface area contributed by atoms with Crippen LogP contribution in [-0.2, 0) is 0 Å². The van der Waals surface area contributed by atoms with Gasteiger partial charge in [-0.3, -0.25) is 9.59 Å². The van der Waals surface area contributed by atoms with Gasteiger partial charge in [0.2, 0.25) is 0 Å². The average Bonchev–Trinajstić information content (AvgIpc) is 2.75. The fourth-order valence-electron chi connectivity index (χ4n) is 3.98. The van der Waals surface area contributed by atoms with E-state index in [1.165, 1.54) is 20.6 Å². The summed E-state index contributed by atoms with van der Waals surface area (Å²) in [5.74, 6) is -0.0169. The van der Waals surface area contributed by atoms with Crippen molar-refractivity contribution in [2.24, 2.45) is 0 Å². The first kappa shape index (κ1) is 21.1.